The van der Waals surface area contributed by atoms with Crippen molar-refractivity contribution >= 4 is 38.3 Å². The summed E-state index contributed by atoms with van der Waals surface area (Å²) in [5.74, 6) is -0.521. The molecule has 4 aromatic rings. The number of H-pyrrole nitrogens is 1. The molecule has 169 valence electrons. The quantitative estimate of drug-likeness (QED) is 0.432. The monoisotopic (exact) mass is 467 g/mol. The fraction of sp³-hybridized carbons (Fsp3) is 0.174. The molecule has 2 aromatic carbocycles. The van der Waals surface area contributed by atoms with Crippen molar-refractivity contribution in [1.29, 1.82) is 0 Å². The number of rotatable bonds is 5. The van der Waals surface area contributed by atoms with Crippen LogP contribution in [-0.2, 0) is 15.0 Å². The number of aromatic amines is 1. The van der Waals surface area contributed by atoms with Crippen LogP contribution in [0.4, 0.5) is 21.5 Å². The first-order valence-electron chi connectivity index (χ1n) is 10.3. The third-order valence-electron chi connectivity index (χ3n) is 5.53. The molecule has 10 heteroatoms. The van der Waals surface area contributed by atoms with Gasteiger partial charge in [-0.25, -0.2) is 8.70 Å². The zero-order valence-corrected chi connectivity index (χ0v) is 18.2. The molecule has 2 N–H and O–H groups in total. The van der Waals surface area contributed by atoms with E-state index in [1.165, 1.54) is 18.2 Å². The second-order valence-electron chi connectivity index (χ2n) is 7.55. The van der Waals surface area contributed by atoms with Crippen molar-refractivity contribution in [1.82, 2.24) is 9.97 Å². The van der Waals surface area contributed by atoms with Crippen LogP contribution < -0.4 is 9.21 Å². The Morgan fingerprint density at radius 3 is 2.61 bits per heavy atom. The topological polar surface area (TPSA) is 98.8 Å². The zero-order valence-electron chi connectivity index (χ0n) is 17.4. The number of halogens is 1. The molecule has 0 unspecified atom stereocenters. The van der Waals surface area contributed by atoms with E-state index in [1.54, 1.807) is 6.20 Å². The molecule has 5 rings (SSSR count). The number of hydrogen-bond acceptors (Lipinski definition) is 5. The maximum Gasteiger partial charge on any atom is 0.364 e. The Morgan fingerprint density at radius 1 is 1.12 bits per heavy atom. The maximum absolute atomic E-state index is 13.4. The molecule has 0 aliphatic carbocycles. The Kier molecular flexibility index (Phi) is 5.49. The molecule has 1 aliphatic heterocycles. The molecule has 1 radical (unpaired) electrons. The van der Waals surface area contributed by atoms with Gasteiger partial charge in [0, 0.05) is 35.9 Å². The number of anilines is 3. The lowest BCUT2D eigenvalue weighted by Gasteiger charge is -2.29. The summed E-state index contributed by atoms with van der Waals surface area (Å²) in [6, 6.07) is 13.8. The molecule has 0 amide bonds. The highest BCUT2D eigenvalue weighted by molar-refractivity contribution is 7.87. The summed E-state index contributed by atoms with van der Waals surface area (Å²) in [6.45, 7) is 2.79. The van der Waals surface area contributed by atoms with Gasteiger partial charge in [0.25, 0.3) is 0 Å². The molecule has 1 fully saturated rings. The molecule has 0 saturated carbocycles. The summed E-state index contributed by atoms with van der Waals surface area (Å²) in [5.41, 5.74) is 3.15. The SMILES string of the molecule is O=S(=O)(O)N(c1ccc(F)cc1)c1c[c][nH]c1-c1ccc2nccc(N3CCOCC3)c2c1. The molecule has 3 heterocycles. The zero-order chi connectivity index (χ0) is 23.0. The first-order valence-corrected chi connectivity index (χ1v) is 11.7. The largest absolute Gasteiger partial charge is 0.378 e. The minimum atomic E-state index is -4.72. The van der Waals surface area contributed by atoms with Crippen molar-refractivity contribution in [2.75, 3.05) is 35.5 Å². The van der Waals surface area contributed by atoms with Gasteiger partial charge in [-0.2, -0.15) is 8.42 Å². The molecule has 33 heavy (non-hydrogen) atoms. The van der Waals surface area contributed by atoms with Gasteiger partial charge in [-0.3, -0.25) is 9.54 Å². The summed E-state index contributed by atoms with van der Waals surface area (Å²) in [7, 11) is -4.72. The van der Waals surface area contributed by atoms with Gasteiger partial charge in [-0.05, 0) is 48.5 Å². The predicted octanol–water partition coefficient (Wildman–Crippen LogP) is 3.95. The number of hydrogen-bond donors (Lipinski definition) is 2. The molecule has 1 saturated heterocycles. The Hall–Kier alpha value is -3.47. The van der Waals surface area contributed by atoms with Crippen molar-refractivity contribution in [3.8, 4) is 11.3 Å². The van der Waals surface area contributed by atoms with Gasteiger partial charge in [0.05, 0.1) is 42.0 Å². The Balaban J connectivity index is 1.63. The van der Waals surface area contributed by atoms with Gasteiger partial charge in [0.1, 0.15) is 5.82 Å². The normalized spacial score (nSPS) is 14.5. The third kappa shape index (κ3) is 4.15. The van der Waals surface area contributed by atoms with Crippen LogP contribution in [0.5, 0.6) is 0 Å². The molecular formula is C23H20FN4O4S. The number of morpholine rings is 1. The first kappa shape index (κ1) is 21.4. The summed E-state index contributed by atoms with van der Waals surface area (Å²) in [6.07, 6.45) is 4.56. The first-order chi connectivity index (χ1) is 15.9. The van der Waals surface area contributed by atoms with E-state index in [0.717, 1.165) is 46.1 Å². The van der Waals surface area contributed by atoms with Crippen molar-refractivity contribution in [2.24, 2.45) is 0 Å². The van der Waals surface area contributed by atoms with E-state index in [2.05, 4.69) is 21.1 Å². The van der Waals surface area contributed by atoms with Crippen LogP contribution in [0.3, 0.4) is 0 Å². The van der Waals surface area contributed by atoms with Crippen LogP contribution in [0.25, 0.3) is 22.2 Å². The van der Waals surface area contributed by atoms with Gasteiger partial charge in [0.15, 0.2) is 0 Å². The second kappa shape index (κ2) is 8.47. The second-order valence-corrected chi connectivity index (χ2v) is 8.81. The van der Waals surface area contributed by atoms with E-state index in [1.807, 2.05) is 24.3 Å². The summed E-state index contributed by atoms with van der Waals surface area (Å²) in [4.78, 5) is 9.63. The van der Waals surface area contributed by atoms with E-state index >= 15 is 0 Å². The number of fused-ring (bicyclic) bond motifs is 1. The molecule has 2 aromatic heterocycles. The number of nitrogens with one attached hydrogen (secondary N) is 1. The molecule has 0 atom stereocenters. The molecule has 0 spiro atoms. The predicted molar refractivity (Wildman–Crippen MR) is 123 cm³/mol. The van der Waals surface area contributed by atoms with Crippen LogP contribution in [0.1, 0.15) is 0 Å². The summed E-state index contributed by atoms with van der Waals surface area (Å²) < 4.78 is 54.2. The smallest absolute Gasteiger partial charge is 0.364 e. The van der Waals surface area contributed by atoms with Crippen molar-refractivity contribution in [3.05, 3.63) is 72.8 Å². The Morgan fingerprint density at radius 2 is 1.88 bits per heavy atom. The molecular weight excluding hydrogens is 447 g/mol. The van der Waals surface area contributed by atoms with Gasteiger partial charge in [0.2, 0.25) is 0 Å². The lowest BCUT2D eigenvalue weighted by Crippen LogP contribution is -2.36. The maximum atomic E-state index is 13.4. The highest BCUT2D eigenvalue weighted by Crippen LogP contribution is 2.38. The van der Waals surface area contributed by atoms with Crippen molar-refractivity contribution in [2.45, 2.75) is 0 Å². The Labute approximate surface area is 190 Å². The minimum absolute atomic E-state index is 0.0876. The minimum Gasteiger partial charge on any atom is -0.378 e. The lowest BCUT2D eigenvalue weighted by molar-refractivity contribution is 0.123. The van der Waals surface area contributed by atoms with E-state index in [-0.39, 0.29) is 11.4 Å². The number of ether oxygens (including phenoxy) is 1. The highest BCUT2D eigenvalue weighted by Gasteiger charge is 2.26. The standard InChI is InChI=1S/C23H20FN4O4S/c24-17-2-4-18(5-3-17)28(33(29,30)31)22-8-10-26-23(22)16-1-6-20-19(15-16)21(7-9-25-20)27-11-13-32-14-12-27/h1-9,15,26H,11-14H2,(H,29,30,31). The summed E-state index contributed by atoms with van der Waals surface area (Å²) in [5, 5.41) is 0.901. The lowest BCUT2D eigenvalue weighted by atomic mass is 10.1. The molecule has 8 nitrogen and oxygen atoms in total. The van der Waals surface area contributed by atoms with E-state index in [4.69, 9.17) is 4.74 Å². The van der Waals surface area contributed by atoms with Crippen molar-refractivity contribution in [3.63, 3.8) is 0 Å². The fourth-order valence-electron chi connectivity index (χ4n) is 4.03. The van der Waals surface area contributed by atoms with Gasteiger partial charge in [-0.1, -0.05) is 6.07 Å². The summed E-state index contributed by atoms with van der Waals surface area (Å²) >= 11 is 0. The molecule has 1 aliphatic rings. The van der Waals surface area contributed by atoms with Gasteiger partial charge < -0.3 is 14.6 Å². The van der Waals surface area contributed by atoms with Gasteiger partial charge >= 0.3 is 10.3 Å². The number of aromatic nitrogens is 2. The number of nitrogens with zero attached hydrogens (tertiary/aromatic N) is 3. The fourth-order valence-corrected chi connectivity index (χ4v) is 4.81. The van der Waals surface area contributed by atoms with E-state index in [0.29, 0.717) is 24.5 Å². The molecule has 0 bridgehead atoms. The third-order valence-corrected chi connectivity index (χ3v) is 6.40. The number of benzene rings is 2. The highest BCUT2D eigenvalue weighted by atomic mass is 32.2. The average Bonchev–Trinajstić information content (AvgIpc) is 3.28. The Bertz CT molecular complexity index is 1400. The van der Waals surface area contributed by atoms with Crippen LogP contribution in [0.2, 0.25) is 0 Å². The van der Waals surface area contributed by atoms with Gasteiger partial charge in [-0.15, -0.1) is 0 Å². The van der Waals surface area contributed by atoms with Crippen LogP contribution >= 0.6 is 0 Å². The number of pyridine rings is 1. The van der Waals surface area contributed by atoms with E-state index < -0.39 is 16.1 Å². The van der Waals surface area contributed by atoms with Crippen LogP contribution in [-0.4, -0.2) is 49.2 Å². The van der Waals surface area contributed by atoms with Crippen LogP contribution in [0, 0.1) is 12.0 Å². The van der Waals surface area contributed by atoms with E-state index in [9.17, 15) is 17.4 Å². The van der Waals surface area contributed by atoms with Crippen molar-refractivity contribution < 1.29 is 22.1 Å². The average molecular weight is 468 g/mol. The van der Waals surface area contributed by atoms with Crippen LogP contribution in [0.15, 0.2) is 60.8 Å².